The molecule has 0 aliphatic heterocycles. The maximum atomic E-state index is 12.7. The summed E-state index contributed by atoms with van der Waals surface area (Å²) >= 11 is 1.64. The molecule has 0 atom stereocenters. The highest BCUT2D eigenvalue weighted by Crippen LogP contribution is 2.29. The molecule has 0 saturated heterocycles. The standard InChI is InChI=1S/C20H25NO3S/c1-6-24-17-9-8-16(11-14(17)2)20(22)21(3)13-15-7-10-19(25-5)18(12-15)23-4/h7-12H,6,13H2,1-5H3. The molecule has 0 bridgehead atoms. The molecule has 2 rings (SSSR count). The number of rotatable bonds is 7. The lowest BCUT2D eigenvalue weighted by molar-refractivity contribution is 0.0785. The number of carbonyl (C=O) groups is 1. The Morgan fingerprint density at radius 3 is 2.52 bits per heavy atom. The molecule has 0 saturated carbocycles. The zero-order chi connectivity index (χ0) is 18.4. The second-order valence-electron chi connectivity index (χ2n) is 5.76. The number of aryl methyl sites for hydroxylation is 1. The van der Waals surface area contributed by atoms with Crippen molar-refractivity contribution in [2.45, 2.75) is 25.3 Å². The topological polar surface area (TPSA) is 38.8 Å². The van der Waals surface area contributed by atoms with Gasteiger partial charge in [0.15, 0.2) is 0 Å². The SMILES string of the molecule is CCOc1ccc(C(=O)N(C)Cc2ccc(SC)c(OC)c2)cc1C. The molecule has 0 aliphatic rings. The molecule has 5 heteroatoms. The zero-order valence-corrected chi connectivity index (χ0v) is 16.3. The van der Waals surface area contributed by atoms with Crippen molar-refractivity contribution in [2.75, 3.05) is 27.0 Å². The van der Waals surface area contributed by atoms with Gasteiger partial charge >= 0.3 is 0 Å². The van der Waals surface area contributed by atoms with Gasteiger partial charge in [0.25, 0.3) is 5.91 Å². The van der Waals surface area contributed by atoms with Crippen LogP contribution < -0.4 is 9.47 Å². The smallest absolute Gasteiger partial charge is 0.253 e. The summed E-state index contributed by atoms with van der Waals surface area (Å²) in [6.07, 6.45) is 2.02. The van der Waals surface area contributed by atoms with Gasteiger partial charge in [-0.3, -0.25) is 4.79 Å². The van der Waals surface area contributed by atoms with Crippen molar-refractivity contribution in [1.82, 2.24) is 4.90 Å². The van der Waals surface area contributed by atoms with Crippen LogP contribution in [-0.4, -0.2) is 37.8 Å². The Bertz CT molecular complexity index is 746. The van der Waals surface area contributed by atoms with Crippen molar-refractivity contribution in [3.8, 4) is 11.5 Å². The Labute approximate surface area is 154 Å². The van der Waals surface area contributed by atoms with E-state index >= 15 is 0 Å². The quantitative estimate of drug-likeness (QED) is 0.687. The van der Waals surface area contributed by atoms with Crippen LogP contribution in [0.15, 0.2) is 41.3 Å². The Balaban J connectivity index is 2.13. The summed E-state index contributed by atoms with van der Waals surface area (Å²) in [5, 5.41) is 0. The van der Waals surface area contributed by atoms with E-state index in [0.29, 0.717) is 18.7 Å². The fourth-order valence-electron chi connectivity index (χ4n) is 2.64. The number of nitrogens with zero attached hydrogens (tertiary/aromatic N) is 1. The number of carbonyl (C=O) groups excluding carboxylic acids is 1. The molecule has 0 unspecified atom stereocenters. The van der Waals surface area contributed by atoms with Gasteiger partial charge in [0.2, 0.25) is 0 Å². The predicted molar refractivity (Wildman–Crippen MR) is 103 cm³/mol. The van der Waals surface area contributed by atoms with E-state index in [9.17, 15) is 4.79 Å². The minimum atomic E-state index is -0.0148. The number of ether oxygens (including phenoxy) is 2. The van der Waals surface area contributed by atoms with Crippen LogP contribution in [0.5, 0.6) is 11.5 Å². The molecule has 134 valence electrons. The third-order valence-electron chi connectivity index (χ3n) is 3.94. The van der Waals surface area contributed by atoms with Gasteiger partial charge < -0.3 is 14.4 Å². The number of methoxy groups -OCH3 is 1. The van der Waals surface area contributed by atoms with Crippen molar-refractivity contribution in [2.24, 2.45) is 0 Å². The van der Waals surface area contributed by atoms with Crippen LogP contribution in [0.25, 0.3) is 0 Å². The fourth-order valence-corrected chi connectivity index (χ4v) is 3.19. The summed E-state index contributed by atoms with van der Waals surface area (Å²) in [7, 11) is 3.47. The Morgan fingerprint density at radius 1 is 1.16 bits per heavy atom. The van der Waals surface area contributed by atoms with Gasteiger partial charge in [-0.2, -0.15) is 0 Å². The van der Waals surface area contributed by atoms with E-state index in [0.717, 1.165) is 27.5 Å². The van der Waals surface area contributed by atoms with Gasteiger partial charge in [0.1, 0.15) is 11.5 Å². The van der Waals surface area contributed by atoms with Gasteiger partial charge in [0.05, 0.1) is 13.7 Å². The zero-order valence-electron chi connectivity index (χ0n) is 15.5. The second kappa shape index (κ2) is 8.81. The predicted octanol–water partition coefficient (Wildman–Crippen LogP) is 4.40. The van der Waals surface area contributed by atoms with E-state index in [4.69, 9.17) is 9.47 Å². The first kappa shape index (κ1) is 19.2. The number of hydrogen-bond acceptors (Lipinski definition) is 4. The van der Waals surface area contributed by atoms with Crippen LogP contribution in [0.1, 0.15) is 28.4 Å². The Hall–Kier alpha value is -2.14. The molecule has 0 radical (unpaired) electrons. The summed E-state index contributed by atoms with van der Waals surface area (Å²) in [5.41, 5.74) is 2.66. The molecule has 1 amide bonds. The molecular weight excluding hydrogens is 334 g/mol. The van der Waals surface area contributed by atoms with Gasteiger partial charge in [0, 0.05) is 24.1 Å². The first-order chi connectivity index (χ1) is 12.0. The van der Waals surface area contributed by atoms with E-state index in [1.165, 1.54) is 0 Å². The molecule has 0 fully saturated rings. The van der Waals surface area contributed by atoms with Gasteiger partial charge in [-0.05, 0) is 61.6 Å². The molecule has 0 heterocycles. The lowest BCUT2D eigenvalue weighted by Gasteiger charge is -2.19. The highest BCUT2D eigenvalue weighted by atomic mass is 32.2. The summed E-state index contributed by atoms with van der Waals surface area (Å²) in [6, 6.07) is 11.6. The average molecular weight is 359 g/mol. The monoisotopic (exact) mass is 359 g/mol. The van der Waals surface area contributed by atoms with E-state index in [1.54, 1.807) is 23.8 Å². The van der Waals surface area contributed by atoms with E-state index in [-0.39, 0.29) is 5.91 Å². The lowest BCUT2D eigenvalue weighted by atomic mass is 10.1. The molecule has 25 heavy (non-hydrogen) atoms. The summed E-state index contributed by atoms with van der Waals surface area (Å²) in [4.78, 5) is 15.5. The third-order valence-corrected chi connectivity index (χ3v) is 4.71. The van der Waals surface area contributed by atoms with Gasteiger partial charge in [-0.15, -0.1) is 11.8 Å². The van der Waals surface area contributed by atoms with E-state index in [2.05, 4.69) is 0 Å². The normalized spacial score (nSPS) is 10.4. The maximum absolute atomic E-state index is 12.7. The minimum Gasteiger partial charge on any atom is -0.496 e. The number of hydrogen-bond donors (Lipinski definition) is 0. The highest BCUT2D eigenvalue weighted by Gasteiger charge is 2.14. The number of thioether (sulfide) groups is 1. The van der Waals surface area contributed by atoms with E-state index in [1.807, 2.05) is 63.5 Å². The highest BCUT2D eigenvalue weighted by molar-refractivity contribution is 7.98. The molecule has 0 spiro atoms. The van der Waals surface area contributed by atoms with Crippen LogP contribution in [0, 0.1) is 6.92 Å². The third kappa shape index (κ3) is 4.69. The Morgan fingerprint density at radius 2 is 1.92 bits per heavy atom. The first-order valence-electron chi connectivity index (χ1n) is 8.20. The molecule has 2 aromatic rings. The van der Waals surface area contributed by atoms with Crippen molar-refractivity contribution in [3.05, 3.63) is 53.1 Å². The molecule has 2 aromatic carbocycles. The average Bonchev–Trinajstić information content (AvgIpc) is 2.62. The molecule has 0 N–H and O–H groups in total. The number of amides is 1. The van der Waals surface area contributed by atoms with Gasteiger partial charge in [-0.1, -0.05) is 6.07 Å². The molecule has 4 nitrogen and oxygen atoms in total. The summed E-state index contributed by atoms with van der Waals surface area (Å²) in [6.45, 7) is 5.04. The van der Waals surface area contributed by atoms with Crippen molar-refractivity contribution in [3.63, 3.8) is 0 Å². The molecule has 0 aromatic heterocycles. The minimum absolute atomic E-state index is 0.0148. The van der Waals surface area contributed by atoms with Crippen molar-refractivity contribution < 1.29 is 14.3 Å². The van der Waals surface area contributed by atoms with Crippen LogP contribution in [-0.2, 0) is 6.54 Å². The second-order valence-corrected chi connectivity index (χ2v) is 6.61. The fraction of sp³-hybridized carbons (Fsp3) is 0.350. The summed E-state index contributed by atoms with van der Waals surface area (Å²) in [5.74, 6) is 1.64. The Kier molecular flexibility index (Phi) is 6.76. The van der Waals surface area contributed by atoms with Crippen LogP contribution in [0.2, 0.25) is 0 Å². The maximum Gasteiger partial charge on any atom is 0.253 e. The summed E-state index contributed by atoms with van der Waals surface area (Å²) < 4.78 is 11.0. The van der Waals surface area contributed by atoms with Crippen molar-refractivity contribution >= 4 is 17.7 Å². The van der Waals surface area contributed by atoms with E-state index < -0.39 is 0 Å². The van der Waals surface area contributed by atoms with Crippen LogP contribution in [0.4, 0.5) is 0 Å². The molecular formula is C20H25NO3S. The largest absolute Gasteiger partial charge is 0.496 e. The lowest BCUT2D eigenvalue weighted by Crippen LogP contribution is -2.26. The van der Waals surface area contributed by atoms with Gasteiger partial charge in [-0.25, -0.2) is 0 Å². The van der Waals surface area contributed by atoms with Crippen LogP contribution >= 0.6 is 11.8 Å². The van der Waals surface area contributed by atoms with Crippen LogP contribution in [0.3, 0.4) is 0 Å². The first-order valence-corrected chi connectivity index (χ1v) is 9.42. The van der Waals surface area contributed by atoms with Crippen molar-refractivity contribution in [1.29, 1.82) is 0 Å². The molecule has 0 aliphatic carbocycles. The number of benzene rings is 2.